The molecule has 4 heterocycles. The molecule has 33 heavy (non-hydrogen) atoms. The Morgan fingerprint density at radius 3 is 2.55 bits per heavy atom. The number of amides is 2. The molecule has 174 valence electrons. The number of rotatable bonds is 8. The van der Waals surface area contributed by atoms with Crippen LogP contribution in [0.15, 0.2) is 25.0 Å². The number of unbranched alkanes of at least 4 members (excludes halogenated alkanes) is 2. The van der Waals surface area contributed by atoms with Crippen LogP contribution in [-0.2, 0) is 9.59 Å². The van der Waals surface area contributed by atoms with Crippen molar-refractivity contribution in [2.75, 3.05) is 33.3 Å². The normalized spacial score (nSPS) is 14.0. The van der Waals surface area contributed by atoms with E-state index >= 15 is 0 Å². The Morgan fingerprint density at radius 2 is 1.88 bits per heavy atom. The molecular weight excluding hydrogens is 426 g/mol. The van der Waals surface area contributed by atoms with Crippen LogP contribution in [0, 0.1) is 0 Å². The van der Waals surface area contributed by atoms with Crippen molar-refractivity contribution in [2.45, 2.75) is 32.6 Å². The maximum absolute atomic E-state index is 13.2. The number of carbonyl (C=O) groups is 3. The van der Waals surface area contributed by atoms with Crippen LogP contribution in [0.5, 0.6) is 5.75 Å². The lowest BCUT2D eigenvalue weighted by molar-refractivity contribution is -0.137. The number of ether oxygens (including phenoxy) is 1. The van der Waals surface area contributed by atoms with Crippen LogP contribution in [-0.4, -0.2) is 85.4 Å². The lowest BCUT2D eigenvalue weighted by atomic mass is 10.1. The van der Waals surface area contributed by atoms with Crippen molar-refractivity contribution in [1.29, 1.82) is 0 Å². The number of ketones is 1. The number of methoxy groups -OCH3 is 1. The van der Waals surface area contributed by atoms with Crippen molar-refractivity contribution >= 4 is 28.5 Å². The number of hydrogen-bond donors (Lipinski definition) is 1. The Hall–Kier alpha value is -3.76. The van der Waals surface area contributed by atoms with E-state index in [2.05, 4.69) is 27.0 Å². The number of pyridine rings is 1. The number of fused-ring (bicyclic) bond motifs is 1. The SMILES string of the molecule is CCCCCC(=O)N1CCN(C(=O)C(=O)c2c[nH]c3c(-n4cncn4)ncc(OC)c23)CC1. The minimum atomic E-state index is -0.641. The average molecular weight is 454 g/mol. The van der Waals surface area contributed by atoms with Gasteiger partial charge >= 0.3 is 0 Å². The summed E-state index contributed by atoms with van der Waals surface area (Å²) in [5.74, 6) is -0.330. The Kier molecular flexibility index (Phi) is 6.66. The molecule has 1 saturated heterocycles. The molecule has 0 spiro atoms. The highest BCUT2D eigenvalue weighted by Gasteiger charge is 2.31. The molecule has 4 rings (SSSR count). The van der Waals surface area contributed by atoms with Crippen molar-refractivity contribution in [3.8, 4) is 11.6 Å². The van der Waals surface area contributed by atoms with E-state index in [1.165, 1.54) is 41.7 Å². The van der Waals surface area contributed by atoms with Crippen LogP contribution in [0.2, 0.25) is 0 Å². The summed E-state index contributed by atoms with van der Waals surface area (Å²) in [6.07, 6.45) is 9.34. The van der Waals surface area contributed by atoms with E-state index in [4.69, 9.17) is 4.74 Å². The predicted octanol–water partition coefficient (Wildman–Crippen LogP) is 1.59. The standard InChI is InChI=1S/C22H27N7O4/c1-3-4-5-6-17(30)27-7-9-28(10-8-27)22(32)20(31)15-11-24-19-18(15)16(33-2)12-25-21(19)29-14-23-13-26-29/h11-14,24H,3-10H2,1-2H3. The van der Waals surface area contributed by atoms with Crippen LogP contribution < -0.4 is 4.74 Å². The van der Waals surface area contributed by atoms with Gasteiger partial charge in [0.25, 0.3) is 11.7 Å². The summed E-state index contributed by atoms with van der Waals surface area (Å²) in [6.45, 7) is 3.62. The first-order chi connectivity index (χ1) is 16.0. The van der Waals surface area contributed by atoms with Gasteiger partial charge in [0.2, 0.25) is 5.91 Å². The summed E-state index contributed by atoms with van der Waals surface area (Å²) in [7, 11) is 1.48. The molecule has 0 atom stereocenters. The summed E-state index contributed by atoms with van der Waals surface area (Å²) in [4.78, 5) is 53.1. The van der Waals surface area contributed by atoms with Crippen molar-refractivity contribution in [3.05, 3.63) is 30.6 Å². The van der Waals surface area contributed by atoms with E-state index in [1.807, 2.05) is 0 Å². The quantitative estimate of drug-likeness (QED) is 0.312. The number of nitrogens with zero attached hydrogens (tertiary/aromatic N) is 6. The number of nitrogens with one attached hydrogen (secondary N) is 1. The molecule has 1 N–H and O–H groups in total. The Balaban J connectivity index is 1.51. The molecule has 0 aromatic carbocycles. The number of aromatic amines is 1. The maximum Gasteiger partial charge on any atom is 0.295 e. The van der Waals surface area contributed by atoms with Crippen LogP contribution >= 0.6 is 0 Å². The van der Waals surface area contributed by atoms with Crippen LogP contribution in [0.25, 0.3) is 16.7 Å². The molecule has 0 aliphatic carbocycles. The first-order valence-electron chi connectivity index (χ1n) is 11.1. The molecule has 0 radical (unpaired) electrons. The third kappa shape index (κ3) is 4.43. The molecule has 11 heteroatoms. The summed E-state index contributed by atoms with van der Waals surface area (Å²) < 4.78 is 6.87. The lowest BCUT2D eigenvalue weighted by Crippen LogP contribution is -2.52. The first-order valence-corrected chi connectivity index (χ1v) is 11.1. The zero-order valence-corrected chi connectivity index (χ0v) is 18.8. The van der Waals surface area contributed by atoms with Gasteiger partial charge in [-0.15, -0.1) is 0 Å². The van der Waals surface area contributed by atoms with Crippen LogP contribution in [0.4, 0.5) is 0 Å². The monoisotopic (exact) mass is 453 g/mol. The Labute approximate surface area is 190 Å². The number of H-pyrrole nitrogens is 1. The van der Waals surface area contributed by atoms with Gasteiger partial charge in [0.15, 0.2) is 5.82 Å². The van der Waals surface area contributed by atoms with Gasteiger partial charge in [-0.2, -0.15) is 5.10 Å². The predicted molar refractivity (Wildman–Crippen MR) is 119 cm³/mol. The van der Waals surface area contributed by atoms with Gasteiger partial charge in [0.1, 0.15) is 18.4 Å². The molecule has 3 aromatic heterocycles. The Morgan fingerprint density at radius 1 is 1.12 bits per heavy atom. The fraction of sp³-hybridized carbons (Fsp3) is 0.455. The van der Waals surface area contributed by atoms with E-state index in [0.29, 0.717) is 55.1 Å². The minimum Gasteiger partial charge on any atom is -0.494 e. The summed E-state index contributed by atoms with van der Waals surface area (Å²) in [5.41, 5.74) is 0.715. The average Bonchev–Trinajstić information content (AvgIpc) is 3.53. The summed E-state index contributed by atoms with van der Waals surface area (Å²) in [5, 5.41) is 4.55. The molecule has 2 amide bonds. The van der Waals surface area contributed by atoms with E-state index in [9.17, 15) is 14.4 Å². The van der Waals surface area contributed by atoms with Crippen LogP contribution in [0.3, 0.4) is 0 Å². The number of carbonyl (C=O) groups excluding carboxylic acids is 3. The highest BCUT2D eigenvalue weighted by Crippen LogP contribution is 2.31. The van der Waals surface area contributed by atoms with Crippen molar-refractivity contribution in [3.63, 3.8) is 0 Å². The van der Waals surface area contributed by atoms with Gasteiger partial charge in [-0.25, -0.2) is 14.6 Å². The topological polar surface area (TPSA) is 126 Å². The van der Waals surface area contributed by atoms with E-state index in [1.54, 1.807) is 4.90 Å². The molecule has 1 fully saturated rings. The number of hydrogen-bond acceptors (Lipinski definition) is 7. The third-order valence-corrected chi connectivity index (χ3v) is 5.86. The van der Waals surface area contributed by atoms with Crippen molar-refractivity contribution in [1.82, 2.24) is 34.5 Å². The molecule has 0 saturated carbocycles. The molecule has 0 unspecified atom stereocenters. The smallest absolute Gasteiger partial charge is 0.295 e. The maximum atomic E-state index is 13.2. The zero-order valence-electron chi connectivity index (χ0n) is 18.8. The fourth-order valence-electron chi connectivity index (χ4n) is 4.03. The molecule has 11 nitrogen and oxygen atoms in total. The van der Waals surface area contributed by atoms with Crippen LogP contribution in [0.1, 0.15) is 43.0 Å². The van der Waals surface area contributed by atoms with Gasteiger partial charge < -0.3 is 19.5 Å². The second kappa shape index (κ2) is 9.80. The van der Waals surface area contributed by atoms with Crippen molar-refractivity contribution < 1.29 is 19.1 Å². The lowest BCUT2D eigenvalue weighted by Gasteiger charge is -2.34. The summed E-state index contributed by atoms with van der Waals surface area (Å²) >= 11 is 0. The van der Waals surface area contributed by atoms with Gasteiger partial charge in [0, 0.05) is 38.8 Å². The highest BCUT2D eigenvalue weighted by molar-refractivity contribution is 6.45. The highest BCUT2D eigenvalue weighted by atomic mass is 16.5. The minimum absolute atomic E-state index is 0.108. The van der Waals surface area contributed by atoms with E-state index < -0.39 is 11.7 Å². The molecule has 0 bridgehead atoms. The first kappa shape index (κ1) is 22.4. The van der Waals surface area contributed by atoms with Gasteiger partial charge in [0.05, 0.1) is 29.8 Å². The third-order valence-electron chi connectivity index (χ3n) is 5.86. The fourth-order valence-corrected chi connectivity index (χ4v) is 4.03. The second-order valence-electron chi connectivity index (χ2n) is 7.90. The molecular formula is C22H27N7O4. The molecule has 1 aliphatic rings. The van der Waals surface area contributed by atoms with E-state index in [0.717, 1.165) is 19.3 Å². The zero-order chi connectivity index (χ0) is 23.4. The molecule has 1 aliphatic heterocycles. The number of aromatic nitrogens is 5. The molecule has 3 aromatic rings. The van der Waals surface area contributed by atoms with Gasteiger partial charge in [-0.05, 0) is 6.42 Å². The van der Waals surface area contributed by atoms with Gasteiger partial charge in [-0.3, -0.25) is 14.4 Å². The number of piperazine rings is 1. The number of Topliss-reactive ketones (excluding diaryl/α,β-unsaturated/α-hetero) is 1. The second-order valence-corrected chi connectivity index (χ2v) is 7.90. The summed E-state index contributed by atoms with van der Waals surface area (Å²) in [6, 6.07) is 0. The van der Waals surface area contributed by atoms with Crippen molar-refractivity contribution in [2.24, 2.45) is 0 Å². The Bertz CT molecular complexity index is 1150. The van der Waals surface area contributed by atoms with Gasteiger partial charge in [-0.1, -0.05) is 19.8 Å². The largest absolute Gasteiger partial charge is 0.494 e. The van der Waals surface area contributed by atoms with E-state index in [-0.39, 0.29) is 11.5 Å².